The maximum Gasteiger partial charge on any atom is 0.233 e. The van der Waals surface area contributed by atoms with Crippen molar-refractivity contribution in [2.75, 3.05) is 32.6 Å². The molecule has 0 aliphatic carbocycles. The SMILES string of the molecule is COc1ccc2nc(N(C)C)c(C(O)C[N+](=O)[O-])cc2c1. The fraction of sp³-hybridized carbons (Fsp3) is 0.357. The second kappa shape index (κ2) is 5.92. The van der Waals surface area contributed by atoms with E-state index < -0.39 is 17.6 Å². The Balaban J connectivity index is 2.59. The van der Waals surface area contributed by atoms with Crippen LogP contribution in [0, 0.1) is 10.1 Å². The summed E-state index contributed by atoms with van der Waals surface area (Å²) in [5.74, 6) is 1.18. The lowest BCUT2D eigenvalue weighted by atomic mass is 10.1. The zero-order valence-electron chi connectivity index (χ0n) is 12.1. The smallest absolute Gasteiger partial charge is 0.233 e. The number of ether oxygens (including phenoxy) is 1. The minimum atomic E-state index is -1.21. The molecule has 1 heterocycles. The third kappa shape index (κ3) is 3.19. The van der Waals surface area contributed by atoms with E-state index in [1.807, 2.05) is 6.07 Å². The van der Waals surface area contributed by atoms with E-state index in [0.29, 0.717) is 17.1 Å². The highest BCUT2D eigenvalue weighted by Gasteiger charge is 2.21. The van der Waals surface area contributed by atoms with Gasteiger partial charge in [0.15, 0.2) is 0 Å². The molecule has 0 aliphatic rings. The predicted octanol–water partition coefficient (Wildman–Crippen LogP) is 1.62. The number of aromatic nitrogens is 1. The van der Waals surface area contributed by atoms with Crippen LogP contribution < -0.4 is 9.64 Å². The first-order valence-corrected chi connectivity index (χ1v) is 6.38. The van der Waals surface area contributed by atoms with Gasteiger partial charge in [-0.05, 0) is 24.3 Å². The van der Waals surface area contributed by atoms with E-state index in [4.69, 9.17) is 4.74 Å². The van der Waals surface area contributed by atoms with Crippen molar-refractivity contribution in [3.63, 3.8) is 0 Å². The lowest BCUT2D eigenvalue weighted by Crippen LogP contribution is -2.19. The number of methoxy groups -OCH3 is 1. The first-order chi connectivity index (χ1) is 9.92. The number of anilines is 1. The molecule has 1 aromatic carbocycles. The van der Waals surface area contributed by atoms with Crippen molar-refractivity contribution in [2.45, 2.75) is 6.10 Å². The number of pyridine rings is 1. The van der Waals surface area contributed by atoms with Crippen LogP contribution in [0.3, 0.4) is 0 Å². The first-order valence-electron chi connectivity index (χ1n) is 6.38. The monoisotopic (exact) mass is 291 g/mol. The van der Waals surface area contributed by atoms with Gasteiger partial charge >= 0.3 is 0 Å². The van der Waals surface area contributed by atoms with Crippen LogP contribution in [0.5, 0.6) is 5.75 Å². The number of fused-ring (bicyclic) bond motifs is 1. The molecule has 1 unspecified atom stereocenters. The van der Waals surface area contributed by atoms with Gasteiger partial charge in [-0.25, -0.2) is 4.98 Å². The van der Waals surface area contributed by atoms with Gasteiger partial charge in [0.1, 0.15) is 17.7 Å². The number of aliphatic hydroxyl groups is 1. The summed E-state index contributed by atoms with van der Waals surface area (Å²) in [6.45, 7) is -0.558. The number of nitro groups is 1. The van der Waals surface area contributed by atoms with Gasteiger partial charge in [0.2, 0.25) is 6.54 Å². The van der Waals surface area contributed by atoms with Crippen LogP contribution in [0.1, 0.15) is 11.7 Å². The van der Waals surface area contributed by atoms with E-state index in [0.717, 1.165) is 10.9 Å². The quantitative estimate of drug-likeness (QED) is 0.665. The van der Waals surface area contributed by atoms with E-state index in [2.05, 4.69) is 4.98 Å². The fourth-order valence-corrected chi connectivity index (χ4v) is 2.13. The van der Waals surface area contributed by atoms with Crippen LogP contribution in [0.15, 0.2) is 24.3 Å². The second-order valence-electron chi connectivity index (χ2n) is 4.89. The third-order valence-electron chi connectivity index (χ3n) is 3.13. The van der Waals surface area contributed by atoms with Crippen LogP contribution in [0.25, 0.3) is 10.9 Å². The summed E-state index contributed by atoms with van der Waals surface area (Å²) in [5, 5.41) is 21.4. The summed E-state index contributed by atoms with van der Waals surface area (Å²) in [4.78, 5) is 16.3. The minimum Gasteiger partial charge on any atom is -0.497 e. The molecule has 7 nitrogen and oxygen atoms in total. The van der Waals surface area contributed by atoms with Crippen molar-refractivity contribution >= 4 is 16.7 Å². The molecule has 0 saturated heterocycles. The van der Waals surface area contributed by atoms with Crippen molar-refractivity contribution in [2.24, 2.45) is 0 Å². The number of aliphatic hydroxyl groups excluding tert-OH is 1. The Labute approximate surface area is 121 Å². The lowest BCUT2D eigenvalue weighted by molar-refractivity contribution is -0.491. The summed E-state index contributed by atoms with van der Waals surface area (Å²) >= 11 is 0. The molecule has 1 N–H and O–H groups in total. The Morgan fingerprint density at radius 3 is 2.71 bits per heavy atom. The molecule has 0 saturated carbocycles. The molecule has 112 valence electrons. The summed E-state index contributed by atoms with van der Waals surface area (Å²) < 4.78 is 5.16. The highest BCUT2D eigenvalue weighted by molar-refractivity contribution is 5.83. The molecule has 0 fully saturated rings. The largest absolute Gasteiger partial charge is 0.497 e. The van der Waals surface area contributed by atoms with Crippen LogP contribution >= 0.6 is 0 Å². The molecule has 0 spiro atoms. The molecule has 0 bridgehead atoms. The predicted molar refractivity (Wildman–Crippen MR) is 79.4 cm³/mol. The number of nitrogens with zero attached hydrogens (tertiary/aromatic N) is 3. The second-order valence-corrected chi connectivity index (χ2v) is 4.89. The Morgan fingerprint density at radius 1 is 1.43 bits per heavy atom. The molecule has 1 atom stereocenters. The molecule has 21 heavy (non-hydrogen) atoms. The average molecular weight is 291 g/mol. The summed E-state index contributed by atoms with van der Waals surface area (Å²) in [7, 11) is 5.12. The Morgan fingerprint density at radius 2 is 2.14 bits per heavy atom. The lowest BCUT2D eigenvalue weighted by Gasteiger charge is -2.19. The molecule has 0 aliphatic heterocycles. The third-order valence-corrected chi connectivity index (χ3v) is 3.13. The van der Waals surface area contributed by atoms with E-state index >= 15 is 0 Å². The standard InChI is InChI=1S/C14H17N3O4/c1-16(2)14-11(13(18)8-17(19)20)7-9-6-10(21-3)4-5-12(9)15-14/h4-7,13,18H,8H2,1-3H3. The van der Waals surface area contributed by atoms with E-state index in [9.17, 15) is 15.2 Å². The van der Waals surface area contributed by atoms with E-state index in [-0.39, 0.29) is 0 Å². The van der Waals surface area contributed by atoms with Crippen molar-refractivity contribution in [1.82, 2.24) is 4.98 Å². The van der Waals surface area contributed by atoms with Crippen LogP contribution in [0.2, 0.25) is 0 Å². The molecule has 1 aromatic heterocycles. The zero-order chi connectivity index (χ0) is 15.6. The summed E-state index contributed by atoms with van der Waals surface area (Å²) in [5.41, 5.74) is 1.16. The molecule has 0 amide bonds. The van der Waals surface area contributed by atoms with Gasteiger partial charge in [-0.2, -0.15) is 0 Å². The average Bonchev–Trinajstić information content (AvgIpc) is 2.44. The van der Waals surface area contributed by atoms with Gasteiger partial charge in [0.25, 0.3) is 0 Å². The van der Waals surface area contributed by atoms with Crippen molar-refractivity contribution < 1.29 is 14.8 Å². The summed E-state index contributed by atoms with van der Waals surface area (Å²) in [6.07, 6.45) is -1.21. The molecular formula is C14H17N3O4. The van der Waals surface area contributed by atoms with E-state index in [1.165, 1.54) is 0 Å². The first kappa shape index (κ1) is 15.0. The number of hydrogen-bond donors (Lipinski definition) is 1. The number of rotatable bonds is 5. The van der Waals surface area contributed by atoms with Crippen LogP contribution in [0.4, 0.5) is 5.82 Å². The van der Waals surface area contributed by atoms with Gasteiger partial charge in [0.05, 0.1) is 12.6 Å². The maximum absolute atomic E-state index is 10.6. The van der Waals surface area contributed by atoms with Gasteiger partial charge in [-0.15, -0.1) is 0 Å². The Bertz CT molecular complexity index is 673. The number of benzene rings is 1. The maximum atomic E-state index is 10.6. The van der Waals surface area contributed by atoms with Gasteiger partial charge in [-0.1, -0.05) is 0 Å². The van der Waals surface area contributed by atoms with Gasteiger partial charge in [-0.3, -0.25) is 10.1 Å². The number of hydrogen-bond acceptors (Lipinski definition) is 6. The highest BCUT2D eigenvalue weighted by atomic mass is 16.6. The molecule has 0 radical (unpaired) electrons. The van der Waals surface area contributed by atoms with E-state index in [1.54, 1.807) is 44.3 Å². The zero-order valence-corrected chi connectivity index (χ0v) is 12.1. The normalized spacial score (nSPS) is 12.2. The Kier molecular flexibility index (Phi) is 4.23. The van der Waals surface area contributed by atoms with Crippen molar-refractivity contribution in [1.29, 1.82) is 0 Å². The molecular weight excluding hydrogens is 274 g/mol. The van der Waals surface area contributed by atoms with Gasteiger partial charge < -0.3 is 14.7 Å². The molecule has 2 rings (SSSR count). The Hall–Kier alpha value is -2.41. The van der Waals surface area contributed by atoms with Crippen LogP contribution in [-0.4, -0.2) is 42.8 Å². The highest BCUT2D eigenvalue weighted by Crippen LogP contribution is 2.29. The molecule has 2 aromatic rings. The fourth-order valence-electron chi connectivity index (χ4n) is 2.13. The minimum absolute atomic E-state index is 0.428. The van der Waals surface area contributed by atoms with Crippen LogP contribution in [-0.2, 0) is 0 Å². The van der Waals surface area contributed by atoms with Gasteiger partial charge in [0, 0.05) is 30.0 Å². The summed E-state index contributed by atoms with van der Waals surface area (Å²) in [6, 6.07) is 7.10. The van der Waals surface area contributed by atoms with Crippen molar-refractivity contribution in [3.05, 3.63) is 39.9 Å². The molecule has 7 heteroatoms. The van der Waals surface area contributed by atoms with Crippen molar-refractivity contribution in [3.8, 4) is 5.75 Å². The topological polar surface area (TPSA) is 88.7 Å².